The van der Waals surface area contributed by atoms with Gasteiger partial charge in [-0.05, 0) is 36.4 Å². The largest absolute Gasteiger partial charge is 0.444 e. The van der Waals surface area contributed by atoms with E-state index in [1.165, 1.54) is 12.1 Å². The number of halogens is 1. The maximum absolute atomic E-state index is 13.1. The number of nitrogens with one attached hydrogen (secondary N) is 1. The van der Waals surface area contributed by atoms with Crippen LogP contribution in [-0.4, -0.2) is 27.6 Å². The smallest absolute Gasteiger partial charge is 0.251 e. The van der Waals surface area contributed by atoms with Crippen molar-refractivity contribution in [3.63, 3.8) is 0 Å². The molecule has 0 fully saturated rings. The van der Waals surface area contributed by atoms with Crippen molar-refractivity contribution in [3.8, 4) is 22.8 Å². The lowest BCUT2D eigenvalue weighted by molar-refractivity contribution is 0.0951. The van der Waals surface area contributed by atoms with Crippen LogP contribution in [0.5, 0.6) is 0 Å². The third-order valence-corrected chi connectivity index (χ3v) is 4.60. The predicted octanol–water partition coefficient (Wildman–Crippen LogP) is 4.37. The quantitative estimate of drug-likeness (QED) is 0.511. The van der Waals surface area contributed by atoms with Crippen LogP contribution in [0.2, 0.25) is 0 Å². The molecule has 4 rings (SSSR count). The minimum atomic E-state index is -0.319. The van der Waals surface area contributed by atoms with Crippen LogP contribution in [0.1, 0.15) is 34.8 Å². The average molecular weight is 406 g/mol. The van der Waals surface area contributed by atoms with E-state index in [1.54, 1.807) is 43.5 Å². The van der Waals surface area contributed by atoms with Crippen molar-refractivity contribution in [1.29, 1.82) is 0 Å². The molecule has 0 spiro atoms. The van der Waals surface area contributed by atoms with E-state index in [1.807, 2.05) is 13.0 Å². The Balaban J connectivity index is 1.40. The normalized spacial score (nSPS) is 12.0. The first-order chi connectivity index (χ1) is 14.5. The van der Waals surface area contributed by atoms with Crippen LogP contribution in [0.4, 0.5) is 4.39 Å². The van der Waals surface area contributed by atoms with Crippen LogP contribution in [-0.2, 0) is 0 Å². The van der Waals surface area contributed by atoms with Crippen LogP contribution in [0.15, 0.2) is 63.7 Å². The zero-order valence-electron chi connectivity index (χ0n) is 16.4. The third-order valence-electron chi connectivity index (χ3n) is 4.60. The summed E-state index contributed by atoms with van der Waals surface area (Å²) >= 11 is 0. The third kappa shape index (κ3) is 4.27. The summed E-state index contributed by atoms with van der Waals surface area (Å²) < 4.78 is 23.6. The van der Waals surface area contributed by atoms with E-state index in [0.29, 0.717) is 46.5 Å². The van der Waals surface area contributed by atoms with Crippen molar-refractivity contribution in [1.82, 2.24) is 20.4 Å². The van der Waals surface area contributed by atoms with Gasteiger partial charge in [0.15, 0.2) is 0 Å². The van der Waals surface area contributed by atoms with Gasteiger partial charge in [0.05, 0.1) is 5.69 Å². The summed E-state index contributed by atoms with van der Waals surface area (Å²) in [5, 5.41) is 6.78. The standard InChI is InChI=1S/C22H19FN4O3/c1-13(19-12-29-22(26-19)15-6-8-18(23)9-7-15)11-24-21(28)17-5-3-4-16(10-17)20-25-14(2)30-27-20/h3-10,12-13H,11H2,1-2H3,(H,24,28). The van der Waals surface area contributed by atoms with Crippen LogP contribution in [0.3, 0.4) is 0 Å². The summed E-state index contributed by atoms with van der Waals surface area (Å²) in [5.74, 6) is 0.695. The Morgan fingerprint density at radius 1 is 1.13 bits per heavy atom. The van der Waals surface area contributed by atoms with Gasteiger partial charge in [-0.1, -0.05) is 24.2 Å². The van der Waals surface area contributed by atoms with Crippen LogP contribution < -0.4 is 5.32 Å². The number of nitrogens with zero attached hydrogens (tertiary/aromatic N) is 3. The number of oxazole rings is 1. The molecule has 152 valence electrons. The number of amides is 1. The number of hydrogen-bond acceptors (Lipinski definition) is 6. The molecule has 0 saturated heterocycles. The fourth-order valence-electron chi connectivity index (χ4n) is 2.91. The molecule has 0 bridgehead atoms. The molecule has 0 aliphatic rings. The van der Waals surface area contributed by atoms with E-state index in [0.717, 1.165) is 0 Å². The minimum Gasteiger partial charge on any atom is -0.444 e. The second-order valence-electron chi connectivity index (χ2n) is 6.91. The van der Waals surface area contributed by atoms with Crippen molar-refractivity contribution in [3.05, 3.63) is 77.8 Å². The molecule has 2 aromatic carbocycles. The fourth-order valence-corrected chi connectivity index (χ4v) is 2.91. The minimum absolute atomic E-state index is 0.0741. The Hall–Kier alpha value is -3.81. The first kappa shape index (κ1) is 19.5. The molecular formula is C22H19FN4O3. The van der Waals surface area contributed by atoms with Gasteiger partial charge in [-0.2, -0.15) is 4.98 Å². The highest BCUT2D eigenvalue weighted by atomic mass is 19.1. The first-order valence-corrected chi connectivity index (χ1v) is 9.40. The highest BCUT2D eigenvalue weighted by Gasteiger charge is 2.15. The molecule has 8 heteroatoms. The fraction of sp³-hybridized carbons (Fsp3) is 0.182. The average Bonchev–Trinajstić information content (AvgIpc) is 3.42. The van der Waals surface area contributed by atoms with Gasteiger partial charge in [0.2, 0.25) is 17.6 Å². The highest BCUT2D eigenvalue weighted by molar-refractivity contribution is 5.95. The van der Waals surface area contributed by atoms with Gasteiger partial charge in [-0.15, -0.1) is 0 Å². The Kier molecular flexibility index (Phi) is 5.38. The summed E-state index contributed by atoms with van der Waals surface area (Å²) in [7, 11) is 0. The molecule has 2 aromatic heterocycles. The van der Waals surface area contributed by atoms with E-state index in [-0.39, 0.29) is 17.6 Å². The highest BCUT2D eigenvalue weighted by Crippen LogP contribution is 2.23. The molecule has 30 heavy (non-hydrogen) atoms. The summed E-state index contributed by atoms with van der Waals surface area (Å²) in [5.41, 5.74) is 2.58. The van der Waals surface area contributed by atoms with E-state index < -0.39 is 0 Å². The number of aryl methyl sites for hydroxylation is 1. The predicted molar refractivity (Wildman–Crippen MR) is 107 cm³/mol. The summed E-state index contributed by atoms with van der Waals surface area (Å²) in [6, 6.07) is 12.9. The van der Waals surface area contributed by atoms with Crippen molar-refractivity contribution in [2.24, 2.45) is 0 Å². The molecule has 7 nitrogen and oxygen atoms in total. The maximum Gasteiger partial charge on any atom is 0.251 e. The van der Waals surface area contributed by atoms with Gasteiger partial charge in [0, 0.05) is 36.1 Å². The lowest BCUT2D eigenvalue weighted by Crippen LogP contribution is -2.27. The Labute approximate surface area is 172 Å². The summed E-state index contributed by atoms with van der Waals surface area (Å²) in [6.07, 6.45) is 1.55. The van der Waals surface area contributed by atoms with Gasteiger partial charge in [-0.25, -0.2) is 9.37 Å². The van der Waals surface area contributed by atoms with Crippen molar-refractivity contribution < 1.29 is 18.1 Å². The van der Waals surface area contributed by atoms with Crippen molar-refractivity contribution >= 4 is 5.91 Å². The Morgan fingerprint density at radius 3 is 2.67 bits per heavy atom. The van der Waals surface area contributed by atoms with E-state index in [9.17, 15) is 9.18 Å². The number of aromatic nitrogens is 3. The van der Waals surface area contributed by atoms with Gasteiger partial charge in [0.1, 0.15) is 12.1 Å². The molecule has 1 unspecified atom stereocenters. The second kappa shape index (κ2) is 8.28. The monoisotopic (exact) mass is 406 g/mol. The van der Waals surface area contributed by atoms with Crippen LogP contribution in [0.25, 0.3) is 22.8 Å². The van der Waals surface area contributed by atoms with Gasteiger partial charge < -0.3 is 14.3 Å². The molecule has 0 aliphatic carbocycles. The number of hydrogen-bond donors (Lipinski definition) is 1. The molecular weight excluding hydrogens is 387 g/mol. The molecule has 4 aromatic rings. The first-order valence-electron chi connectivity index (χ1n) is 9.40. The maximum atomic E-state index is 13.1. The van der Waals surface area contributed by atoms with Gasteiger partial charge >= 0.3 is 0 Å². The van der Waals surface area contributed by atoms with E-state index in [2.05, 4.69) is 20.4 Å². The van der Waals surface area contributed by atoms with E-state index >= 15 is 0 Å². The van der Waals surface area contributed by atoms with Crippen LogP contribution in [0, 0.1) is 12.7 Å². The zero-order chi connectivity index (χ0) is 21.1. The number of benzene rings is 2. The van der Waals surface area contributed by atoms with E-state index in [4.69, 9.17) is 8.94 Å². The SMILES string of the molecule is Cc1nc(-c2cccc(C(=O)NCC(C)c3coc(-c4ccc(F)cc4)n3)c2)no1. The molecule has 0 saturated carbocycles. The molecule has 2 heterocycles. The van der Waals surface area contributed by atoms with Gasteiger partial charge in [0.25, 0.3) is 5.91 Å². The summed E-state index contributed by atoms with van der Waals surface area (Å²) in [6.45, 7) is 4.02. The molecule has 1 amide bonds. The number of carbonyl (C=O) groups is 1. The van der Waals surface area contributed by atoms with Crippen molar-refractivity contribution in [2.75, 3.05) is 6.54 Å². The number of carbonyl (C=O) groups excluding carboxylic acids is 1. The Bertz CT molecular complexity index is 1170. The topological polar surface area (TPSA) is 94.1 Å². The lowest BCUT2D eigenvalue weighted by atomic mass is 10.1. The molecule has 0 aliphatic heterocycles. The summed E-state index contributed by atoms with van der Waals surface area (Å²) in [4.78, 5) is 21.2. The molecule has 1 atom stereocenters. The molecule has 1 N–H and O–H groups in total. The lowest BCUT2D eigenvalue weighted by Gasteiger charge is -2.10. The molecule has 0 radical (unpaired) electrons. The Morgan fingerprint density at radius 2 is 1.93 bits per heavy atom. The van der Waals surface area contributed by atoms with Crippen molar-refractivity contribution in [2.45, 2.75) is 19.8 Å². The van der Waals surface area contributed by atoms with Crippen LogP contribution >= 0.6 is 0 Å². The zero-order valence-corrected chi connectivity index (χ0v) is 16.4. The van der Waals surface area contributed by atoms with Gasteiger partial charge in [-0.3, -0.25) is 4.79 Å². The number of rotatable bonds is 6. The second-order valence-corrected chi connectivity index (χ2v) is 6.91.